The van der Waals surface area contributed by atoms with Crippen LogP contribution >= 0.6 is 11.8 Å². The van der Waals surface area contributed by atoms with Crippen LogP contribution in [0.15, 0.2) is 24.3 Å². The number of hydrogen-bond donors (Lipinski definition) is 1. The van der Waals surface area contributed by atoms with E-state index in [1.165, 1.54) is 11.8 Å². The lowest BCUT2D eigenvalue weighted by Crippen LogP contribution is -2.27. The molecule has 0 atom stereocenters. The van der Waals surface area contributed by atoms with Crippen molar-refractivity contribution in [1.82, 2.24) is 0 Å². The third-order valence-electron chi connectivity index (χ3n) is 2.04. The maximum Gasteiger partial charge on any atom is 0.412 e. The van der Waals surface area contributed by atoms with Crippen LogP contribution < -0.4 is 5.32 Å². The lowest BCUT2D eigenvalue weighted by Gasteiger charge is -2.19. The number of anilines is 1. The van der Waals surface area contributed by atoms with Gasteiger partial charge in [-0.15, -0.1) is 0 Å². The van der Waals surface area contributed by atoms with Gasteiger partial charge in [0.15, 0.2) is 5.12 Å². The number of carbonyl (C=O) groups is 2. The summed E-state index contributed by atoms with van der Waals surface area (Å²) in [5.74, 6) is 0.641. The summed E-state index contributed by atoms with van der Waals surface area (Å²) in [7, 11) is 0. The van der Waals surface area contributed by atoms with Crippen molar-refractivity contribution in [3.05, 3.63) is 29.8 Å². The van der Waals surface area contributed by atoms with Crippen LogP contribution in [0.3, 0.4) is 0 Å². The van der Waals surface area contributed by atoms with Crippen molar-refractivity contribution in [3.63, 3.8) is 0 Å². The Bertz CT molecular complexity index is 449. The number of benzene rings is 1. The minimum Gasteiger partial charge on any atom is -0.444 e. The van der Waals surface area contributed by atoms with Gasteiger partial charge < -0.3 is 4.74 Å². The Morgan fingerprint density at radius 1 is 1.21 bits per heavy atom. The average molecular weight is 281 g/mol. The van der Waals surface area contributed by atoms with Crippen molar-refractivity contribution in [2.24, 2.45) is 0 Å². The average Bonchev–Trinajstić information content (AvgIpc) is 2.25. The molecule has 5 heteroatoms. The predicted molar refractivity (Wildman–Crippen MR) is 78.3 cm³/mol. The highest BCUT2D eigenvalue weighted by Gasteiger charge is 2.15. The summed E-state index contributed by atoms with van der Waals surface area (Å²) in [4.78, 5) is 22.4. The molecule has 0 saturated carbocycles. The third kappa shape index (κ3) is 6.86. The van der Waals surface area contributed by atoms with Gasteiger partial charge >= 0.3 is 6.09 Å². The van der Waals surface area contributed by atoms with E-state index in [9.17, 15) is 9.59 Å². The molecule has 1 aromatic rings. The van der Waals surface area contributed by atoms with E-state index in [-0.39, 0.29) is 5.12 Å². The lowest BCUT2D eigenvalue weighted by atomic mass is 10.2. The Balaban J connectivity index is 2.52. The van der Waals surface area contributed by atoms with Crippen LogP contribution in [0.5, 0.6) is 0 Å². The van der Waals surface area contributed by atoms with E-state index < -0.39 is 11.7 Å². The summed E-state index contributed by atoms with van der Waals surface area (Å²) in [6, 6.07) is 7.34. The molecular formula is C14H19NO3S. The summed E-state index contributed by atoms with van der Waals surface area (Å²) in [6.45, 7) is 6.99. The van der Waals surface area contributed by atoms with E-state index in [1.54, 1.807) is 19.1 Å². The van der Waals surface area contributed by atoms with Crippen molar-refractivity contribution in [1.29, 1.82) is 0 Å². The zero-order valence-electron chi connectivity index (χ0n) is 11.6. The van der Waals surface area contributed by atoms with Crippen LogP contribution in [-0.2, 0) is 15.3 Å². The second-order valence-corrected chi connectivity index (χ2v) is 6.26. The number of ether oxygens (including phenoxy) is 1. The molecule has 104 valence electrons. The minimum absolute atomic E-state index is 0.0935. The smallest absolute Gasteiger partial charge is 0.412 e. The first-order valence-corrected chi connectivity index (χ1v) is 6.97. The molecule has 0 bridgehead atoms. The molecule has 19 heavy (non-hydrogen) atoms. The van der Waals surface area contributed by atoms with Crippen LogP contribution in [-0.4, -0.2) is 16.8 Å². The quantitative estimate of drug-likeness (QED) is 0.915. The molecule has 1 N–H and O–H groups in total. The summed E-state index contributed by atoms with van der Waals surface area (Å²) >= 11 is 1.26. The van der Waals surface area contributed by atoms with Gasteiger partial charge in [-0.3, -0.25) is 10.1 Å². The van der Waals surface area contributed by atoms with E-state index in [2.05, 4.69) is 5.32 Å². The first-order chi connectivity index (χ1) is 8.76. The molecule has 0 aromatic heterocycles. The van der Waals surface area contributed by atoms with E-state index >= 15 is 0 Å². The van der Waals surface area contributed by atoms with Crippen molar-refractivity contribution in [2.75, 3.05) is 5.32 Å². The van der Waals surface area contributed by atoms with Gasteiger partial charge in [-0.2, -0.15) is 0 Å². The molecule has 0 fully saturated rings. The van der Waals surface area contributed by atoms with Gasteiger partial charge in [0, 0.05) is 18.4 Å². The minimum atomic E-state index is -0.512. The van der Waals surface area contributed by atoms with Gasteiger partial charge in [-0.25, -0.2) is 4.79 Å². The number of hydrogen-bond acceptors (Lipinski definition) is 4. The van der Waals surface area contributed by atoms with Gasteiger partial charge in [0.05, 0.1) is 0 Å². The summed E-state index contributed by atoms with van der Waals surface area (Å²) in [6.07, 6.45) is -0.474. The molecule has 4 nitrogen and oxygen atoms in total. The molecule has 0 spiro atoms. The number of amides is 1. The van der Waals surface area contributed by atoms with Gasteiger partial charge in [-0.05, 0) is 38.5 Å². The topological polar surface area (TPSA) is 55.4 Å². The molecule has 0 unspecified atom stereocenters. The molecule has 0 aliphatic rings. The van der Waals surface area contributed by atoms with E-state index in [0.717, 1.165) is 5.56 Å². The second kappa shape index (κ2) is 6.61. The van der Waals surface area contributed by atoms with E-state index in [0.29, 0.717) is 11.4 Å². The predicted octanol–water partition coefficient (Wildman–Crippen LogP) is 3.81. The fourth-order valence-corrected chi connectivity index (χ4v) is 1.85. The van der Waals surface area contributed by atoms with Crippen molar-refractivity contribution in [3.8, 4) is 0 Å². The molecule has 0 radical (unpaired) electrons. The first kappa shape index (κ1) is 15.6. The van der Waals surface area contributed by atoms with E-state index in [4.69, 9.17) is 4.74 Å². The zero-order chi connectivity index (χ0) is 14.5. The Labute approximate surface area is 117 Å². The fraction of sp³-hybridized carbons (Fsp3) is 0.429. The van der Waals surface area contributed by atoms with Gasteiger partial charge in [0.1, 0.15) is 5.60 Å². The molecule has 1 amide bonds. The number of thioether (sulfide) groups is 1. The standard InChI is InChI=1S/C14H19NO3S/c1-10(16)19-9-11-5-7-12(8-6-11)15-13(17)18-14(2,3)4/h5-8H,9H2,1-4H3,(H,15,17). The maximum atomic E-state index is 11.5. The molecule has 0 saturated heterocycles. The van der Waals surface area contributed by atoms with E-state index in [1.807, 2.05) is 32.9 Å². The fourth-order valence-electron chi connectivity index (χ4n) is 1.29. The summed E-state index contributed by atoms with van der Waals surface area (Å²) < 4.78 is 5.15. The van der Waals surface area contributed by atoms with Crippen LogP contribution in [0.4, 0.5) is 10.5 Å². The van der Waals surface area contributed by atoms with Crippen molar-refractivity contribution >= 4 is 28.7 Å². The maximum absolute atomic E-state index is 11.5. The molecule has 0 heterocycles. The van der Waals surface area contributed by atoms with Crippen LogP contribution in [0.25, 0.3) is 0 Å². The first-order valence-electron chi connectivity index (χ1n) is 5.98. The molecule has 0 aliphatic carbocycles. The Morgan fingerprint density at radius 3 is 2.26 bits per heavy atom. The normalized spacial score (nSPS) is 10.9. The summed E-state index contributed by atoms with van der Waals surface area (Å²) in [5, 5.41) is 2.75. The highest BCUT2D eigenvalue weighted by Crippen LogP contribution is 2.16. The third-order valence-corrected chi connectivity index (χ3v) is 2.93. The monoisotopic (exact) mass is 281 g/mol. The SMILES string of the molecule is CC(=O)SCc1ccc(NC(=O)OC(C)(C)C)cc1. The largest absolute Gasteiger partial charge is 0.444 e. The zero-order valence-corrected chi connectivity index (χ0v) is 12.5. The van der Waals surface area contributed by atoms with Gasteiger partial charge in [0.2, 0.25) is 0 Å². The molecule has 1 aromatic carbocycles. The number of rotatable bonds is 3. The Kier molecular flexibility index (Phi) is 5.42. The highest BCUT2D eigenvalue weighted by molar-refractivity contribution is 8.12. The lowest BCUT2D eigenvalue weighted by molar-refractivity contribution is -0.109. The molecule has 0 aliphatic heterocycles. The van der Waals surface area contributed by atoms with Gasteiger partial charge in [0.25, 0.3) is 0 Å². The Hall–Kier alpha value is -1.49. The molecular weight excluding hydrogens is 262 g/mol. The van der Waals surface area contributed by atoms with Crippen LogP contribution in [0.1, 0.15) is 33.3 Å². The highest BCUT2D eigenvalue weighted by atomic mass is 32.2. The van der Waals surface area contributed by atoms with Crippen molar-refractivity contribution < 1.29 is 14.3 Å². The van der Waals surface area contributed by atoms with Crippen LogP contribution in [0.2, 0.25) is 0 Å². The number of nitrogens with one attached hydrogen (secondary N) is 1. The van der Waals surface area contributed by atoms with Gasteiger partial charge in [-0.1, -0.05) is 23.9 Å². The van der Waals surface area contributed by atoms with Crippen molar-refractivity contribution in [2.45, 2.75) is 39.0 Å². The second-order valence-electron chi connectivity index (χ2n) is 5.10. The van der Waals surface area contributed by atoms with Crippen LogP contribution in [0, 0.1) is 0 Å². The number of carbonyl (C=O) groups excluding carboxylic acids is 2. The summed E-state index contributed by atoms with van der Waals surface area (Å²) in [5.41, 5.74) is 1.20. The Morgan fingerprint density at radius 2 is 1.79 bits per heavy atom. The molecule has 1 rings (SSSR count).